The molecule has 0 saturated heterocycles. The van der Waals surface area contributed by atoms with E-state index in [-0.39, 0.29) is 22.5 Å². The number of anilines is 2. The quantitative estimate of drug-likeness (QED) is 0.676. The van der Waals surface area contributed by atoms with Gasteiger partial charge in [0.2, 0.25) is 11.8 Å². The summed E-state index contributed by atoms with van der Waals surface area (Å²) >= 11 is 3.30. The van der Waals surface area contributed by atoms with Gasteiger partial charge < -0.3 is 10.2 Å². The van der Waals surface area contributed by atoms with E-state index < -0.39 is 39.6 Å². The van der Waals surface area contributed by atoms with Gasteiger partial charge in [0, 0.05) is 29.9 Å². The highest BCUT2D eigenvalue weighted by atomic mass is 79.9. The number of sulfone groups is 1. The Morgan fingerprint density at radius 3 is 2.57 bits per heavy atom. The molecule has 1 aliphatic heterocycles. The van der Waals surface area contributed by atoms with Crippen molar-refractivity contribution in [1.82, 2.24) is 0 Å². The molecule has 0 saturated carbocycles. The standard InChI is InChI=1S/C20H19BrF2N2O4S/c1-11-7-13-8-14(21)9-18(20(13)25(11)12(2)26)30(28,29)6-5-19(27)24-17-4-3-15(22)10-16(17)23/h3-4,8-11H,5-7H2,1-2H3,(H,24,27). The fourth-order valence-electron chi connectivity index (χ4n) is 3.53. The Bertz CT molecular complexity index is 1140. The third kappa shape index (κ3) is 4.54. The van der Waals surface area contributed by atoms with Crippen molar-refractivity contribution >= 4 is 49.0 Å². The van der Waals surface area contributed by atoms with Gasteiger partial charge in [0.05, 0.1) is 22.0 Å². The van der Waals surface area contributed by atoms with Gasteiger partial charge in [-0.1, -0.05) is 15.9 Å². The van der Waals surface area contributed by atoms with E-state index in [1.807, 2.05) is 6.92 Å². The molecule has 0 radical (unpaired) electrons. The maximum atomic E-state index is 13.7. The summed E-state index contributed by atoms with van der Waals surface area (Å²) in [5.74, 6) is -3.29. The van der Waals surface area contributed by atoms with Gasteiger partial charge in [-0.25, -0.2) is 17.2 Å². The second-order valence-corrected chi connectivity index (χ2v) is 10.1. The Morgan fingerprint density at radius 1 is 1.23 bits per heavy atom. The van der Waals surface area contributed by atoms with Gasteiger partial charge in [0.15, 0.2) is 9.84 Å². The van der Waals surface area contributed by atoms with Crippen LogP contribution >= 0.6 is 15.9 Å². The molecule has 160 valence electrons. The number of halogens is 3. The Kier molecular flexibility index (Phi) is 6.28. The van der Waals surface area contributed by atoms with Crippen LogP contribution in [0.25, 0.3) is 0 Å². The molecule has 1 heterocycles. The number of nitrogens with zero attached hydrogens (tertiary/aromatic N) is 1. The first-order chi connectivity index (χ1) is 14.0. The molecule has 0 aromatic heterocycles. The third-order valence-electron chi connectivity index (χ3n) is 4.79. The number of carbonyl (C=O) groups is 2. The van der Waals surface area contributed by atoms with E-state index in [0.29, 0.717) is 22.6 Å². The molecule has 1 atom stereocenters. The first-order valence-corrected chi connectivity index (χ1v) is 11.5. The smallest absolute Gasteiger partial charge is 0.225 e. The van der Waals surface area contributed by atoms with E-state index >= 15 is 0 Å². The van der Waals surface area contributed by atoms with Crippen LogP contribution in [0.15, 0.2) is 39.7 Å². The summed E-state index contributed by atoms with van der Waals surface area (Å²) in [6.45, 7) is 3.20. The third-order valence-corrected chi connectivity index (χ3v) is 6.97. The van der Waals surface area contributed by atoms with Crippen molar-refractivity contribution in [1.29, 1.82) is 0 Å². The zero-order chi connectivity index (χ0) is 22.2. The highest BCUT2D eigenvalue weighted by Crippen LogP contribution is 2.40. The highest BCUT2D eigenvalue weighted by molar-refractivity contribution is 9.10. The van der Waals surface area contributed by atoms with Gasteiger partial charge in [0.25, 0.3) is 0 Å². The molecule has 1 unspecified atom stereocenters. The molecule has 1 aliphatic rings. The lowest BCUT2D eigenvalue weighted by Gasteiger charge is -2.23. The first kappa shape index (κ1) is 22.4. The van der Waals surface area contributed by atoms with Crippen LogP contribution in [0.1, 0.15) is 25.8 Å². The van der Waals surface area contributed by atoms with Crippen molar-refractivity contribution < 1.29 is 26.8 Å². The summed E-state index contributed by atoms with van der Waals surface area (Å²) in [7, 11) is -3.94. The SMILES string of the molecule is CC(=O)N1c2c(cc(Br)cc2S(=O)(=O)CCC(=O)Nc2ccc(F)cc2F)CC1C. The van der Waals surface area contributed by atoms with Crippen LogP contribution in [-0.4, -0.2) is 32.0 Å². The minimum absolute atomic E-state index is 0.0350. The molecule has 6 nitrogen and oxygen atoms in total. The van der Waals surface area contributed by atoms with E-state index in [0.717, 1.165) is 17.7 Å². The molecule has 0 fully saturated rings. The second kappa shape index (κ2) is 8.43. The monoisotopic (exact) mass is 500 g/mol. The molecule has 30 heavy (non-hydrogen) atoms. The zero-order valence-corrected chi connectivity index (χ0v) is 18.6. The molecule has 2 aromatic rings. The number of fused-ring (bicyclic) bond motifs is 1. The van der Waals surface area contributed by atoms with Crippen LogP contribution < -0.4 is 10.2 Å². The normalized spacial score (nSPS) is 15.8. The first-order valence-electron chi connectivity index (χ1n) is 9.09. The van der Waals surface area contributed by atoms with Crippen molar-refractivity contribution in [2.45, 2.75) is 37.6 Å². The Balaban J connectivity index is 1.83. The van der Waals surface area contributed by atoms with Gasteiger partial charge in [0.1, 0.15) is 11.6 Å². The van der Waals surface area contributed by atoms with Crippen molar-refractivity contribution in [3.05, 3.63) is 52.0 Å². The topological polar surface area (TPSA) is 83.6 Å². The number of carbonyl (C=O) groups excluding carboxylic acids is 2. The summed E-state index contributed by atoms with van der Waals surface area (Å²) in [5, 5.41) is 2.24. The molecular formula is C20H19BrF2N2O4S. The molecule has 1 N–H and O–H groups in total. The second-order valence-electron chi connectivity index (χ2n) is 7.10. The van der Waals surface area contributed by atoms with Crippen molar-refractivity contribution in [3.63, 3.8) is 0 Å². The van der Waals surface area contributed by atoms with E-state index in [9.17, 15) is 26.8 Å². The molecule has 3 rings (SSSR count). The van der Waals surface area contributed by atoms with E-state index in [1.54, 1.807) is 6.07 Å². The number of benzene rings is 2. The van der Waals surface area contributed by atoms with Gasteiger partial charge >= 0.3 is 0 Å². The predicted octanol–water partition coefficient (Wildman–Crippen LogP) is 3.83. The summed E-state index contributed by atoms with van der Waals surface area (Å²) < 4.78 is 53.3. The molecule has 0 aliphatic carbocycles. The maximum absolute atomic E-state index is 13.7. The van der Waals surface area contributed by atoms with Crippen LogP contribution in [0, 0.1) is 11.6 Å². The summed E-state index contributed by atoms with van der Waals surface area (Å²) in [5.41, 5.74) is 0.824. The van der Waals surface area contributed by atoms with E-state index in [1.165, 1.54) is 17.9 Å². The van der Waals surface area contributed by atoms with Crippen LogP contribution in [-0.2, 0) is 25.8 Å². The van der Waals surface area contributed by atoms with Crippen molar-refractivity contribution in [2.75, 3.05) is 16.0 Å². The summed E-state index contributed by atoms with van der Waals surface area (Å²) in [6, 6.07) is 5.67. The van der Waals surface area contributed by atoms with Crippen LogP contribution in [0.3, 0.4) is 0 Å². The predicted molar refractivity (Wildman–Crippen MR) is 112 cm³/mol. The Morgan fingerprint density at radius 2 is 1.93 bits per heavy atom. The van der Waals surface area contributed by atoms with Gasteiger partial charge in [-0.05, 0) is 43.2 Å². The van der Waals surface area contributed by atoms with Gasteiger partial charge in [-0.3, -0.25) is 9.59 Å². The van der Waals surface area contributed by atoms with E-state index in [4.69, 9.17) is 0 Å². The molecule has 2 aromatic carbocycles. The van der Waals surface area contributed by atoms with Crippen LogP contribution in [0.5, 0.6) is 0 Å². The minimum Gasteiger partial charge on any atom is -0.324 e. The molecule has 0 spiro atoms. The molecule has 0 bridgehead atoms. The van der Waals surface area contributed by atoms with E-state index in [2.05, 4.69) is 21.2 Å². The minimum atomic E-state index is -3.94. The average Bonchev–Trinajstić information content (AvgIpc) is 2.97. The number of hydrogen-bond acceptors (Lipinski definition) is 4. The van der Waals surface area contributed by atoms with Gasteiger partial charge in [-0.2, -0.15) is 0 Å². The van der Waals surface area contributed by atoms with Crippen molar-refractivity contribution in [3.8, 4) is 0 Å². The number of rotatable bonds is 5. The lowest BCUT2D eigenvalue weighted by molar-refractivity contribution is -0.117. The Hall–Kier alpha value is -2.33. The fraction of sp³-hybridized carbons (Fsp3) is 0.300. The molecule has 2 amide bonds. The average molecular weight is 501 g/mol. The lowest BCUT2D eigenvalue weighted by atomic mass is 10.1. The van der Waals surface area contributed by atoms with Crippen LogP contribution in [0.2, 0.25) is 0 Å². The summed E-state index contributed by atoms with van der Waals surface area (Å²) in [4.78, 5) is 25.7. The summed E-state index contributed by atoms with van der Waals surface area (Å²) in [6.07, 6.45) is 0.0806. The zero-order valence-electron chi connectivity index (χ0n) is 16.2. The number of nitrogens with one attached hydrogen (secondary N) is 1. The Labute approximate surface area is 181 Å². The number of amides is 2. The fourth-order valence-corrected chi connectivity index (χ4v) is 5.69. The van der Waals surface area contributed by atoms with Crippen LogP contribution in [0.4, 0.5) is 20.2 Å². The van der Waals surface area contributed by atoms with Gasteiger partial charge in [-0.15, -0.1) is 0 Å². The highest BCUT2D eigenvalue weighted by Gasteiger charge is 2.35. The lowest BCUT2D eigenvalue weighted by Crippen LogP contribution is -2.34. The maximum Gasteiger partial charge on any atom is 0.225 e. The molecular weight excluding hydrogens is 482 g/mol. The number of hydrogen-bond donors (Lipinski definition) is 1. The molecule has 10 heteroatoms. The largest absolute Gasteiger partial charge is 0.324 e. The van der Waals surface area contributed by atoms with Crippen molar-refractivity contribution in [2.24, 2.45) is 0 Å².